The van der Waals surface area contributed by atoms with Crippen molar-refractivity contribution in [3.05, 3.63) is 72.1 Å². The van der Waals surface area contributed by atoms with Crippen LogP contribution in [0.1, 0.15) is 11.1 Å². The summed E-state index contributed by atoms with van der Waals surface area (Å²) < 4.78 is 5.61. The Labute approximate surface area is 140 Å². The van der Waals surface area contributed by atoms with Crippen LogP contribution < -0.4 is 10.5 Å². The van der Waals surface area contributed by atoms with Crippen LogP contribution in [0.3, 0.4) is 0 Å². The molecule has 0 atom stereocenters. The third-order valence-electron chi connectivity index (χ3n) is 3.52. The van der Waals surface area contributed by atoms with E-state index in [0.717, 1.165) is 16.7 Å². The first kappa shape index (κ1) is 15.7. The van der Waals surface area contributed by atoms with E-state index in [-0.39, 0.29) is 18.3 Å². The van der Waals surface area contributed by atoms with E-state index in [2.05, 4.69) is 9.97 Å². The second-order valence-corrected chi connectivity index (χ2v) is 5.51. The maximum Gasteiger partial charge on any atom is 0.321 e. The fourth-order valence-corrected chi connectivity index (χ4v) is 2.25. The summed E-state index contributed by atoms with van der Waals surface area (Å²) in [7, 11) is 0. The molecule has 5 heteroatoms. The highest BCUT2D eigenvalue weighted by Gasteiger charge is 2.04. The van der Waals surface area contributed by atoms with Crippen LogP contribution in [0, 0.1) is 6.92 Å². The second kappa shape index (κ2) is 6.91. The summed E-state index contributed by atoms with van der Waals surface area (Å²) in [6.45, 7) is 2.05. The van der Waals surface area contributed by atoms with Crippen molar-refractivity contribution in [2.75, 3.05) is 0 Å². The Morgan fingerprint density at radius 2 is 1.58 bits per heavy atom. The van der Waals surface area contributed by atoms with Gasteiger partial charge < -0.3 is 10.5 Å². The number of ether oxygens (including phenoxy) is 1. The van der Waals surface area contributed by atoms with E-state index >= 15 is 0 Å². The molecule has 120 valence electrons. The smallest absolute Gasteiger partial charge is 0.321 e. The van der Waals surface area contributed by atoms with Crippen molar-refractivity contribution in [2.45, 2.75) is 13.3 Å². The van der Waals surface area contributed by atoms with Gasteiger partial charge in [0.2, 0.25) is 5.91 Å². The molecule has 1 amide bonds. The molecule has 3 rings (SSSR count). The Hall–Kier alpha value is -3.21. The van der Waals surface area contributed by atoms with E-state index in [4.69, 9.17) is 10.5 Å². The fourth-order valence-electron chi connectivity index (χ4n) is 2.25. The van der Waals surface area contributed by atoms with E-state index in [0.29, 0.717) is 5.75 Å². The molecule has 0 radical (unpaired) electrons. The van der Waals surface area contributed by atoms with Gasteiger partial charge in [0.15, 0.2) is 0 Å². The van der Waals surface area contributed by atoms with Crippen molar-refractivity contribution in [3.8, 4) is 22.9 Å². The van der Waals surface area contributed by atoms with E-state index in [1.54, 1.807) is 36.7 Å². The fraction of sp³-hybridized carbons (Fsp3) is 0.105. The normalized spacial score (nSPS) is 10.4. The SMILES string of the molecule is Cc1ccc(-c2cnc(Oc3ccc(CC(N)=O)cc3)nc2)cc1. The molecule has 24 heavy (non-hydrogen) atoms. The zero-order valence-electron chi connectivity index (χ0n) is 13.3. The van der Waals surface area contributed by atoms with Crippen LogP contribution in [-0.4, -0.2) is 15.9 Å². The van der Waals surface area contributed by atoms with Gasteiger partial charge in [0.05, 0.1) is 6.42 Å². The summed E-state index contributed by atoms with van der Waals surface area (Å²) >= 11 is 0. The van der Waals surface area contributed by atoms with Gasteiger partial charge in [0, 0.05) is 18.0 Å². The molecule has 0 fully saturated rings. The highest BCUT2D eigenvalue weighted by Crippen LogP contribution is 2.22. The van der Waals surface area contributed by atoms with Crippen molar-refractivity contribution in [1.29, 1.82) is 0 Å². The van der Waals surface area contributed by atoms with E-state index < -0.39 is 0 Å². The number of hydrogen-bond donors (Lipinski definition) is 1. The van der Waals surface area contributed by atoms with Gasteiger partial charge in [0.1, 0.15) is 5.75 Å². The summed E-state index contributed by atoms with van der Waals surface area (Å²) in [4.78, 5) is 19.4. The van der Waals surface area contributed by atoms with Crippen molar-refractivity contribution in [2.24, 2.45) is 5.73 Å². The number of amides is 1. The lowest BCUT2D eigenvalue weighted by Crippen LogP contribution is -2.13. The Balaban J connectivity index is 1.69. The van der Waals surface area contributed by atoms with Gasteiger partial charge in [-0.2, -0.15) is 0 Å². The molecule has 1 aromatic heterocycles. The average molecular weight is 319 g/mol. The molecule has 3 aromatic rings. The Morgan fingerprint density at radius 1 is 0.958 bits per heavy atom. The van der Waals surface area contributed by atoms with Gasteiger partial charge in [-0.25, -0.2) is 9.97 Å². The first-order chi connectivity index (χ1) is 11.6. The molecular formula is C19H17N3O2. The summed E-state index contributed by atoms with van der Waals surface area (Å²) in [5.74, 6) is 0.241. The number of hydrogen-bond acceptors (Lipinski definition) is 4. The van der Waals surface area contributed by atoms with Gasteiger partial charge in [-0.1, -0.05) is 42.0 Å². The number of aryl methyl sites for hydroxylation is 1. The van der Waals surface area contributed by atoms with E-state index in [1.165, 1.54) is 5.56 Å². The summed E-state index contributed by atoms with van der Waals surface area (Å²) in [5, 5.41) is 0. The quantitative estimate of drug-likeness (QED) is 0.783. The molecular weight excluding hydrogens is 302 g/mol. The Kier molecular flexibility index (Phi) is 4.52. The first-order valence-corrected chi connectivity index (χ1v) is 7.54. The number of benzene rings is 2. The molecule has 0 unspecified atom stereocenters. The topological polar surface area (TPSA) is 78.1 Å². The summed E-state index contributed by atoms with van der Waals surface area (Å²) in [6, 6.07) is 15.5. The molecule has 0 aliphatic heterocycles. The van der Waals surface area contributed by atoms with Crippen LogP contribution in [0.5, 0.6) is 11.8 Å². The lowest BCUT2D eigenvalue weighted by Gasteiger charge is -2.06. The van der Waals surface area contributed by atoms with Crippen LogP contribution in [0.15, 0.2) is 60.9 Å². The number of nitrogens with two attached hydrogens (primary N) is 1. The Morgan fingerprint density at radius 3 is 2.17 bits per heavy atom. The highest BCUT2D eigenvalue weighted by atomic mass is 16.5. The standard InChI is InChI=1S/C19H17N3O2/c1-13-2-6-15(7-3-13)16-11-21-19(22-12-16)24-17-8-4-14(5-9-17)10-18(20)23/h2-9,11-12H,10H2,1H3,(H2,20,23). The van der Waals surface area contributed by atoms with Crippen LogP contribution in [0.4, 0.5) is 0 Å². The van der Waals surface area contributed by atoms with E-state index in [1.807, 2.05) is 31.2 Å². The van der Waals surface area contributed by atoms with Gasteiger partial charge in [-0.3, -0.25) is 4.79 Å². The molecule has 2 aromatic carbocycles. The molecule has 0 aliphatic rings. The number of primary amides is 1. The maximum absolute atomic E-state index is 10.9. The minimum Gasteiger partial charge on any atom is -0.424 e. The Bertz CT molecular complexity index is 826. The minimum absolute atomic E-state index is 0.210. The number of aromatic nitrogens is 2. The lowest BCUT2D eigenvalue weighted by molar-refractivity contribution is -0.117. The maximum atomic E-state index is 10.9. The number of carbonyl (C=O) groups is 1. The van der Waals surface area contributed by atoms with Crippen LogP contribution in [-0.2, 0) is 11.2 Å². The van der Waals surface area contributed by atoms with Crippen molar-refractivity contribution < 1.29 is 9.53 Å². The molecule has 1 heterocycles. The minimum atomic E-state index is -0.362. The lowest BCUT2D eigenvalue weighted by atomic mass is 10.1. The van der Waals surface area contributed by atoms with Gasteiger partial charge >= 0.3 is 6.01 Å². The van der Waals surface area contributed by atoms with Crippen molar-refractivity contribution in [1.82, 2.24) is 9.97 Å². The second-order valence-electron chi connectivity index (χ2n) is 5.51. The zero-order valence-corrected chi connectivity index (χ0v) is 13.3. The largest absolute Gasteiger partial charge is 0.424 e. The molecule has 0 saturated heterocycles. The average Bonchev–Trinajstić information content (AvgIpc) is 2.58. The van der Waals surface area contributed by atoms with Crippen molar-refractivity contribution >= 4 is 5.91 Å². The number of rotatable bonds is 5. The molecule has 0 saturated carbocycles. The third kappa shape index (κ3) is 3.95. The molecule has 0 spiro atoms. The highest BCUT2D eigenvalue weighted by molar-refractivity contribution is 5.76. The van der Waals surface area contributed by atoms with Crippen LogP contribution in [0.25, 0.3) is 11.1 Å². The summed E-state index contributed by atoms with van der Waals surface area (Å²) in [5.41, 5.74) is 9.20. The van der Waals surface area contributed by atoms with Gasteiger partial charge in [-0.05, 0) is 30.2 Å². The van der Waals surface area contributed by atoms with Gasteiger partial charge in [0.25, 0.3) is 0 Å². The molecule has 5 nitrogen and oxygen atoms in total. The molecule has 0 bridgehead atoms. The first-order valence-electron chi connectivity index (χ1n) is 7.54. The molecule has 0 aliphatic carbocycles. The van der Waals surface area contributed by atoms with Gasteiger partial charge in [-0.15, -0.1) is 0 Å². The number of carbonyl (C=O) groups excluding carboxylic acids is 1. The third-order valence-corrected chi connectivity index (χ3v) is 3.52. The predicted octanol–water partition coefficient (Wildman–Crippen LogP) is 3.27. The van der Waals surface area contributed by atoms with Crippen LogP contribution in [0.2, 0.25) is 0 Å². The van der Waals surface area contributed by atoms with E-state index in [9.17, 15) is 4.79 Å². The zero-order chi connectivity index (χ0) is 16.9. The summed E-state index contributed by atoms with van der Waals surface area (Å²) in [6.07, 6.45) is 3.67. The van der Waals surface area contributed by atoms with Crippen molar-refractivity contribution in [3.63, 3.8) is 0 Å². The monoisotopic (exact) mass is 319 g/mol. The predicted molar refractivity (Wildman–Crippen MR) is 91.6 cm³/mol. The molecule has 2 N–H and O–H groups in total. The number of nitrogens with zero attached hydrogens (tertiary/aromatic N) is 2. The van der Waals surface area contributed by atoms with Crippen LogP contribution >= 0.6 is 0 Å².